The highest BCUT2D eigenvalue weighted by molar-refractivity contribution is 5.76. The molecule has 0 spiro atoms. The zero-order valence-corrected chi connectivity index (χ0v) is 24.9. The fourth-order valence-electron chi connectivity index (χ4n) is 4.00. The summed E-state index contributed by atoms with van der Waals surface area (Å²) in [5.74, 6) is 0.697. The Labute approximate surface area is 238 Å². The molecule has 0 unspecified atom stereocenters. The Morgan fingerprint density at radius 3 is 1.87 bits per heavy atom. The molecule has 1 saturated heterocycles. The number of hydrogen-bond donors (Lipinski definition) is 1. The minimum Gasteiger partial charge on any atom is -0.370 e. The van der Waals surface area contributed by atoms with Crippen LogP contribution in [0.3, 0.4) is 0 Å². The number of amides is 2. The second-order valence-corrected chi connectivity index (χ2v) is 9.82. The molecule has 4 heteroatoms. The summed E-state index contributed by atoms with van der Waals surface area (Å²) in [6.45, 7) is 17.0. The molecule has 0 aromatic heterocycles. The van der Waals surface area contributed by atoms with Crippen molar-refractivity contribution in [1.29, 1.82) is 0 Å². The van der Waals surface area contributed by atoms with Crippen LogP contribution in [0.2, 0.25) is 0 Å². The number of nitrogens with two attached hydrogens (primary N) is 1. The van der Waals surface area contributed by atoms with E-state index in [0.29, 0.717) is 12.3 Å². The summed E-state index contributed by atoms with van der Waals surface area (Å²) < 4.78 is 0. The molecule has 2 aromatic rings. The summed E-state index contributed by atoms with van der Waals surface area (Å²) in [7, 11) is 0. The molecule has 0 radical (unpaired) electrons. The summed E-state index contributed by atoms with van der Waals surface area (Å²) in [5.41, 5.74) is 8.32. The Morgan fingerprint density at radius 1 is 0.923 bits per heavy atom. The smallest absolute Gasteiger partial charge is 0.222 e. The zero-order valence-electron chi connectivity index (χ0n) is 24.9. The minimum absolute atomic E-state index is 0.312. The van der Waals surface area contributed by atoms with Crippen molar-refractivity contribution in [3.63, 3.8) is 0 Å². The summed E-state index contributed by atoms with van der Waals surface area (Å²) in [6, 6.07) is 21.0. The van der Waals surface area contributed by atoms with E-state index < -0.39 is 0 Å². The highest BCUT2D eigenvalue weighted by atomic mass is 16.2. The first kappa shape index (κ1) is 35.6. The Hall–Kier alpha value is -3.40. The third-order valence-electron chi connectivity index (χ3n) is 5.84. The number of carbonyl (C=O) groups excluding carboxylic acids is 2. The highest BCUT2D eigenvalue weighted by Crippen LogP contribution is 2.22. The standard InChI is InChI=1S/C21H25NO.C9H14.C3H8.C2H5NO/c23-21(12-11-18-7-3-1-4-8-18)22-15-13-20(14-16-22)17-19-9-5-2-6-10-19;1-4-6-8-9(3)7-5-2;1-3-2;1-2(3)4/h1-10,20H,11-17H2;4,6,8H,1,3,5,7H2,2H3;3H2,1-2H3;1H3,(H2,3,4)/b;8-6-;;. The largest absolute Gasteiger partial charge is 0.370 e. The van der Waals surface area contributed by atoms with Gasteiger partial charge >= 0.3 is 0 Å². The normalized spacial score (nSPS) is 12.6. The van der Waals surface area contributed by atoms with E-state index >= 15 is 0 Å². The molecule has 0 bridgehead atoms. The number of nitrogens with zero attached hydrogens (tertiary/aromatic N) is 1. The van der Waals surface area contributed by atoms with Crippen LogP contribution in [0, 0.1) is 5.92 Å². The molecular formula is C35H52N2O2. The van der Waals surface area contributed by atoms with E-state index in [1.54, 1.807) is 6.08 Å². The number of aryl methyl sites for hydroxylation is 1. The van der Waals surface area contributed by atoms with Gasteiger partial charge in [-0.1, -0.05) is 131 Å². The van der Waals surface area contributed by atoms with Crippen LogP contribution in [0.4, 0.5) is 0 Å². The molecule has 0 atom stereocenters. The lowest BCUT2D eigenvalue weighted by molar-refractivity contribution is -0.132. The predicted octanol–water partition coefficient (Wildman–Crippen LogP) is 8.09. The molecule has 2 N–H and O–H groups in total. The second-order valence-electron chi connectivity index (χ2n) is 9.82. The molecule has 1 aliphatic heterocycles. The summed E-state index contributed by atoms with van der Waals surface area (Å²) >= 11 is 0. The van der Waals surface area contributed by atoms with Crippen LogP contribution < -0.4 is 5.73 Å². The van der Waals surface area contributed by atoms with Crippen molar-refractivity contribution >= 4 is 11.8 Å². The number of carbonyl (C=O) groups is 2. The van der Waals surface area contributed by atoms with Crippen LogP contribution >= 0.6 is 0 Å². The SMILES string of the molecule is C=C/C=C\C(=C)CCC.CC(N)=O.CCC.O=C(CCc1ccccc1)N1CCC(Cc2ccccc2)CC1. The molecule has 1 aliphatic rings. The van der Waals surface area contributed by atoms with Crippen LogP contribution in [0.1, 0.15) is 77.3 Å². The maximum absolute atomic E-state index is 12.4. The number of primary amides is 1. The van der Waals surface area contributed by atoms with Gasteiger partial charge in [0.25, 0.3) is 0 Å². The minimum atomic E-state index is -0.333. The van der Waals surface area contributed by atoms with Crippen LogP contribution in [0.5, 0.6) is 0 Å². The van der Waals surface area contributed by atoms with Gasteiger partial charge in [0.2, 0.25) is 11.8 Å². The zero-order chi connectivity index (χ0) is 29.3. The molecule has 0 aliphatic carbocycles. The Bertz CT molecular complexity index is 939. The lowest BCUT2D eigenvalue weighted by atomic mass is 9.90. The molecular weight excluding hydrogens is 480 g/mol. The quantitative estimate of drug-likeness (QED) is 0.332. The van der Waals surface area contributed by atoms with Gasteiger partial charge in [-0.15, -0.1) is 0 Å². The van der Waals surface area contributed by atoms with Crippen LogP contribution in [0.25, 0.3) is 0 Å². The number of hydrogen-bond acceptors (Lipinski definition) is 2. The van der Waals surface area contributed by atoms with Gasteiger partial charge in [0.05, 0.1) is 0 Å². The molecule has 214 valence electrons. The third-order valence-corrected chi connectivity index (χ3v) is 5.84. The van der Waals surface area contributed by atoms with Gasteiger partial charge in [-0.3, -0.25) is 9.59 Å². The number of benzene rings is 2. The van der Waals surface area contributed by atoms with Crippen LogP contribution in [-0.4, -0.2) is 29.8 Å². The number of piperidine rings is 1. The van der Waals surface area contributed by atoms with Crippen molar-refractivity contribution in [2.45, 2.75) is 79.1 Å². The van der Waals surface area contributed by atoms with Gasteiger partial charge in [-0.25, -0.2) is 0 Å². The first-order chi connectivity index (χ1) is 18.8. The van der Waals surface area contributed by atoms with Crippen LogP contribution in [-0.2, 0) is 22.4 Å². The third kappa shape index (κ3) is 20.3. The van der Waals surface area contributed by atoms with Gasteiger partial charge in [-0.05, 0) is 49.1 Å². The predicted molar refractivity (Wildman–Crippen MR) is 168 cm³/mol. The van der Waals surface area contributed by atoms with Crippen molar-refractivity contribution in [1.82, 2.24) is 4.90 Å². The number of allylic oxidation sites excluding steroid dienone is 4. The maximum Gasteiger partial charge on any atom is 0.222 e. The van der Waals surface area contributed by atoms with E-state index in [1.807, 2.05) is 30.4 Å². The number of likely N-dealkylation sites (tertiary alicyclic amines) is 1. The lowest BCUT2D eigenvalue weighted by Gasteiger charge is -2.32. The molecule has 39 heavy (non-hydrogen) atoms. The summed E-state index contributed by atoms with van der Waals surface area (Å²) in [6.07, 6.45) is 14.1. The molecule has 1 heterocycles. The van der Waals surface area contributed by atoms with E-state index in [4.69, 9.17) is 0 Å². The van der Waals surface area contributed by atoms with Crippen molar-refractivity contribution in [3.8, 4) is 0 Å². The van der Waals surface area contributed by atoms with Gasteiger partial charge in [0, 0.05) is 26.4 Å². The average molecular weight is 533 g/mol. The maximum atomic E-state index is 12.4. The van der Waals surface area contributed by atoms with Crippen molar-refractivity contribution in [2.75, 3.05) is 13.1 Å². The van der Waals surface area contributed by atoms with Gasteiger partial charge < -0.3 is 10.6 Å². The Kier molecular flexibility index (Phi) is 21.6. The Balaban J connectivity index is 0.000000749. The molecule has 3 rings (SSSR count). The first-order valence-electron chi connectivity index (χ1n) is 14.4. The fraction of sp³-hybridized carbons (Fsp3) is 0.429. The molecule has 2 aromatic carbocycles. The highest BCUT2D eigenvalue weighted by Gasteiger charge is 2.22. The molecule has 0 saturated carbocycles. The second kappa shape index (κ2) is 23.7. The van der Waals surface area contributed by atoms with E-state index in [2.05, 4.69) is 87.0 Å². The van der Waals surface area contributed by atoms with Crippen molar-refractivity contribution in [2.24, 2.45) is 11.7 Å². The van der Waals surface area contributed by atoms with E-state index in [9.17, 15) is 9.59 Å². The molecule has 4 nitrogen and oxygen atoms in total. The van der Waals surface area contributed by atoms with Gasteiger partial charge in [-0.2, -0.15) is 0 Å². The summed E-state index contributed by atoms with van der Waals surface area (Å²) in [5, 5.41) is 0. The van der Waals surface area contributed by atoms with Crippen molar-refractivity contribution in [3.05, 3.63) is 109 Å². The van der Waals surface area contributed by atoms with Gasteiger partial charge in [0.15, 0.2) is 0 Å². The fourth-order valence-corrected chi connectivity index (χ4v) is 4.00. The first-order valence-corrected chi connectivity index (χ1v) is 14.4. The van der Waals surface area contributed by atoms with Crippen molar-refractivity contribution < 1.29 is 9.59 Å². The van der Waals surface area contributed by atoms with E-state index in [0.717, 1.165) is 51.1 Å². The molecule has 2 amide bonds. The number of rotatable bonds is 9. The topological polar surface area (TPSA) is 63.4 Å². The van der Waals surface area contributed by atoms with Gasteiger partial charge in [0.1, 0.15) is 0 Å². The monoisotopic (exact) mass is 532 g/mol. The summed E-state index contributed by atoms with van der Waals surface area (Å²) in [4.78, 5) is 23.6. The van der Waals surface area contributed by atoms with E-state index in [-0.39, 0.29) is 5.91 Å². The van der Waals surface area contributed by atoms with E-state index in [1.165, 1.54) is 36.5 Å². The molecule has 1 fully saturated rings. The van der Waals surface area contributed by atoms with Crippen LogP contribution in [0.15, 0.2) is 97.6 Å². The average Bonchev–Trinajstić information content (AvgIpc) is 2.93. The lowest BCUT2D eigenvalue weighted by Crippen LogP contribution is -2.39. The Morgan fingerprint density at radius 2 is 1.41 bits per heavy atom.